The molecule has 0 aromatic carbocycles. The van der Waals surface area contributed by atoms with Crippen molar-refractivity contribution < 1.29 is 4.42 Å². The minimum atomic E-state index is -0.0112. The summed E-state index contributed by atoms with van der Waals surface area (Å²) >= 11 is 11.3. The van der Waals surface area contributed by atoms with Gasteiger partial charge in [-0.1, -0.05) is 16.7 Å². The Bertz CT molecular complexity index is 429. The van der Waals surface area contributed by atoms with Crippen molar-refractivity contribution in [2.24, 2.45) is 0 Å². The summed E-state index contributed by atoms with van der Waals surface area (Å²) in [5.74, 6) is 0.289. The molecule has 0 bridgehead atoms. The molecule has 0 spiro atoms. The molecule has 0 aliphatic heterocycles. The summed E-state index contributed by atoms with van der Waals surface area (Å²) in [5, 5.41) is 7.63. The lowest BCUT2D eigenvalue weighted by molar-refractivity contribution is 0.571. The molecule has 0 fully saturated rings. The second-order valence-electron chi connectivity index (χ2n) is 2.22. The van der Waals surface area contributed by atoms with Gasteiger partial charge in [-0.15, -0.1) is 5.10 Å². The van der Waals surface area contributed by atoms with E-state index < -0.39 is 0 Å². The lowest BCUT2D eigenvalue weighted by Gasteiger charge is -1.94. The Labute approximate surface area is 83.5 Å². The van der Waals surface area contributed by atoms with Crippen molar-refractivity contribution in [2.45, 2.75) is 0 Å². The summed E-state index contributed by atoms with van der Waals surface area (Å²) < 4.78 is 4.98. The first-order valence-electron chi connectivity index (χ1n) is 3.36. The SMILES string of the molecule is Clc1nnc(-c2ccncc2Cl)o1. The number of hydrogen-bond donors (Lipinski definition) is 0. The maximum atomic E-state index is 5.83. The van der Waals surface area contributed by atoms with Crippen LogP contribution in [-0.4, -0.2) is 15.2 Å². The first-order chi connectivity index (χ1) is 6.27. The zero-order valence-corrected chi connectivity index (χ0v) is 7.75. The number of aromatic nitrogens is 3. The van der Waals surface area contributed by atoms with Crippen molar-refractivity contribution in [3.05, 3.63) is 28.8 Å². The summed E-state index contributed by atoms with van der Waals surface area (Å²) in [4.78, 5) is 3.82. The molecule has 2 aromatic rings. The van der Waals surface area contributed by atoms with Gasteiger partial charge in [0.15, 0.2) is 0 Å². The van der Waals surface area contributed by atoms with Crippen LogP contribution in [0.4, 0.5) is 0 Å². The van der Waals surface area contributed by atoms with Crippen LogP contribution in [0.3, 0.4) is 0 Å². The van der Waals surface area contributed by atoms with Gasteiger partial charge in [-0.25, -0.2) is 0 Å². The third-order valence-electron chi connectivity index (χ3n) is 1.40. The Morgan fingerprint density at radius 1 is 1.23 bits per heavy atom. The molecule has 0 saturated carbocycles. The fourth-order valence-corrected chi connectivity index (χ4v) is 1.17. The molecule has 2 rings (SSSR count). The maximum absolute atomic E-state index is 5.83. The number of halogens is 2. The summed E-state index contributed by atoms with van der Waals surface area (Å²) in [6, 6.07) is 1.67. The first kappa shape index (κ1) is 8.47. The van der Waals surface area contributed by atoms with Gasteiger partial charge in [0.2, 0.25) is 0 Å². The van der Waals surface area contributed by atoms with Crippen LogP contribution in [0.5, 0.6) is 0 Å². The van der Waals surface area contributed by atoms with E-state index in [-0.39, 0.29) is 11.2 Å². The van der Waals surface area contributed by atoms with Gasteiger partial charge in [0.05, 0.1) is 10.6 Å². The van der Waals surface area contributed by atoms with Crippen LogP contribution in [0.2, 0.25) is 10.4 Å². The Kier molecular flexibility index (Phi) is 2.16. The van der Waals surface area contributed by atoms with Crippen molar-refractivity contribution in [2.75, 3.05) is 0 Å². The Balaban J connectivity index is 2.52. The first-order valence-corrected chi connectivity index (χ1v) is 4.12. The summed E-state index contributed by atoms with van der Waals surface area (Å²) in [5.41, 5.74) is 0.621. The molecule has 4 nitrogen and oxygen atoms in total. The molecule has 2 aromatic heterocycles. The highest BCUT2D eigenvalue weighted by Crippen LogP contribution is 2.26. The average molecular weight is 216 g/mol. The van der Waals surface area contributed by atoms with Crippen LogP contribution < -0.4 is 0 Å². The maximum Gasteiger partial charge on any atom is 0.313 e. The third kappa shape index (κ3) is 1.64. The van der Waals surface area contributed by atoms with Gasteiger partial charge in [0, 0.05) is 12.4 Å². The highest BCUT2D eigenvalue weighted by molar-refractivity contribution is 6.33. The summed E-state index contributed by atoms with van der Waals surface area (Å²) in [6.45, 7) is 0. The summed E-state index contributed by atoms with van der Waals surface area (Å²) in [7, 11) is 0. The number of hydrogen-bond acceptors (Lipinski definition) is 4. The van der Waals surface area contributed by atoms with E-state index in [1.54, 1.807) is 12.3 Å². The second kappa shape index (κ2) is 3.32. The molecular weight excluding hydrogens is 213 g/mol. The van der Waals surface area contributed by atoms with E-state index in [2.05, 4.69) is 15.2 Å². The van der Waals surface area contributed by atoms with Gasteiger partial charge in [-0.05, 0) is 17.7 Å². The molecule has 0 unspecified atom stereocenters. The minimum Gasteiger partial charge on any atom is -0.407 e. The standard InChI is InChI=1S/C7H3Cl2N3O/c8-5-3-10-2-1-4(5)6-11-12-7(9)13-6/h1-3H. The van der Waals surface area contributed by atoms with Crippen LogP contribution in [0.1, 0.15) is 0 Å². The molecule has 0 aliphatic rings. The third-order valence-corrected chi connectivity index (χ3v) is 1.86. The quantitative estimate of drug-likeness (QED) is 0.734. The Morgan fingerprint density at radius 3 is 2.69 bits per heavy atom. The molecule has 2 heterocycles. The van der Waals surface area contributed by atoms with Crippen molar-refractivity contribution in [3.63, 3.8) is 0 Å². The van der Waals surface area contributed by atoms with Gasteiger partial charge >= 0.3 is 5.35 Å². The fraction of sp³-hybridized carbons (Fsp3) is 0. The van der Waals surface area contributed by atoms with Gasteiger partial charge < -0.3 is 4.42 Å². The van der Waals surface area contributed by atoms with Gasteiger partial charge in [-0.2, -0.15) is 0 Å². The van der Waals surface area contributed by atoms with Crippen LogP contribution in [0.25, 0.3) is 11.5 Å². The van der Waals surface area contributed by atoms with Gasteiger partial charge in [0.1, 0.15) is 0 Å². The van der Waals surface area contributed by atoms with E-state index in [4.69, 9.17) is 27.6 Å². The predicted molar refractivity (Wildman–Crippen MR) is 47.5 cm³/mol. The van der Waals surface area contributed by atoms with E-state index in [0.29, 0.717) is 10.6 Å². The molecule has 0 aliphatic carbocycles. The highest BCUT2D eigenvalue weighted by Gasteiger charge is 2.09. The van der Waals surface area contributed by atoms with Crippen LogP contribution in [0, 0.1) is 0 Å². The highest BCUT2D eigenvalue weighted by atomic mass is 35.5. The Hall–Kier alpha value is -1.13. The van der Waals surface area contributed by atoms with Crippen molar-refractivity contribution in [1.29, 1.82) is 0 Å². The number of pyridine rings is 1. The molecule has 66 valence electrons. The summed E-state index contributed by atoms with van der Waals surface area (Å²) in [6.07, 6.45) is 3.08. The van der Waals surface area contributed by atoms with Gasteiger partial charge in [-0.3, -0.25) is 4.98 Å². The molecule has 0 N–H and O–H groups in total. The normalized spacial score (nSPS) is 10.3. The van der Waals surface area contributed by atoms with Crippen molar-refractivity contribution in [1.82, 2.24) is 15.2 Å². The van der Waals surface area contributed by atoms with E-state index in [1.165, 1.54) is 6.20 Å². The number of nitrogens with zero attached hydrogens (tertiary/aromatic N) is 3. The van der Waals surface area contributed by atoms with E-state index in [9.17, 15) is 0 Å². The minimum absolute atomic E-state index is 0.0112. The lowest BCUT2D eigenvalue weighted by Crippen LogP contribution is -1.80. The van der Waals surface area contributed by atoms with Crippen molar-refractivity contribution in [3.8, 4) is 11.5 Å². The molecule has 6 heteroatoms. The molecule has 13 heavy (non-hydrogen) atoms. The van der Waals surface area contributed by atoms with E-state index in [1.807, 2.05) is 0 Å². The molecule has 0 atom stereocenters. The zero-order valence-electron chi connectivity index (χ0n) is 6.24. The van der Waals surface area contributed by atoms with Crippen LogP contribution in [-0.2, 0) is 0 Å². The van der Waals surface area contributed by atoms with Gasteiger partial charge in [0.25, 0.3) is 5.89 Å². The van der Waals surface area contributed by atoms with Crippen LogP contribution in [0.15, 0.2) is 22.9 Å². The average Bonchev–Trinajstić information content (AvgIpc) is 2.53. The smallest absolute Gasteiger partial charge is 0.313 e. The van der Waals surface area contributed by atoms with Crippen LogP contribution >= 0.6 is 23.2 Å². The van der Waals surface area contributed by atoms with E-state index in [0.717, 1.165) is 0 Å². The Morgan fingerprint density at radius 2 is 2.08 bits per heavy atom. The number of rotatable bonds is 1. The molecule has 0 saturated heterocycles. The second-order valence-corrected chi connectivity index (χ2v) is 2.95. The van der Waals surface area contributed by atoms with E-state index >= 15 is 0 Å². The monoisotopic (exact) mass is 215 g/mol. The topological polar surface area (TPSA) is 51.8 Å². The van der Waals surface area contributed by atoms with Crippen molar-refractivity contribution >= 4 is 23.2 Å². The zero-order chi connectivity index (χ0) is 9.26. The fourth-order valence-electron chi connectivity index (χ4n) is 0.863. The molecular formula is C7H3Cl2N3O. The molecule has 0 amide bonds. The molecule has 0 radical (unpaired) electrons. The largest absolute Gasteiger partial charge is 0.407 e. The predicted octanol–water partition coefficient (Wildman–Crippen LogP) is 2.44. The lowest BCUT2D eigenvalue weighted by atomic mass is 10.3.